The van der Waals surface area contributed by atoms with Crippen molar-refractivity contribution in [1.29, 1.82) is 0 Å². The predicted molar refractivity (Wildman–Crippen MR) is 74.2 cm³/mol. The fraction of sp³-hybridized carbons (Fsp3) is 0.214. The molecule has 0 radical (unpaired) electrons. The molecule has 0 fully saturated rings. The second kappa shape index (κ2) is 4.48. The Balaban J connectivity index is 2.30. The molecule has 2 heterocycles. The lowest BCUT2D eigenvalue weighted by Crippen LogP contribution is -2.01. The predicted octanol–water partition coefficient (Wildman–Crippen LogP) is 2.25. The van der Waals surface area contributed by atoms with Crippen molar-refractivity contribution >= 4 is 16.9 Å². The van der Waals surface area contributed by atoms with E-state index in [0.717, 1.165) is 23.4 Å². The zero-order valence-electron chi connectivity index (χ0n) is 11.2. The fourth-order valence-electron chi connectivity index (χ4n) is 2.29. The van der Waals surface area contributed by atoms with Gasteiger partial charge in [0.25, 0.3) is 0 Å². The number of rotatable bonds is 3. The monoisotopic (exact) mass is 270 g/mol. The van der Waals surface area contributed by atoms with Gasteiger partial charge in [-0.15, -0.1) is 0 Å². The minimum absolute atomic E-state index is 0.0595. The van der Waals surface area contributed by atoms with Gasteiger partial charge >= 0.3 is 5.97 Å². The molecule has 1 N–H and O–H groups in total. The molecule has 6 nitrogen and oxygen atoms in total. The molecule has 20 heavy (non-hydrogen) atoms. The summed E-state index contributed by atoms with van der Waals surface area (Å²) in [5.41, 5.74) is 2.44. The number of carboxylic acid groups (broad SMARTS) is 1. The molecule has 0 atom stereocenters. The molecule has 0 unspecified atom stereocenters. The molecule has 2 aromatic heterocycles. The Morgan fingerprint density at radius 3 is 2.70 bits per heavy atom. The van der Waals surface area contributed by atoms with E-state index in [2.05, 4.69) is 10.2 Å². The molecule has 0 spiro atoms. The van der Waals surface area contributed by atoms with Crippen LogP contribution in [0.4, 0.5) is 0 Å². The zero-order chi connectivity index (χ0) is 14.3. The summed E-state index contributed by atoms with van der Waals surface area (Å²) in [7, 11) is 0. The van der Waals surface area contributed by atoms with E-state index < -0.39 is 5.97 Å². The van der Waals surface area contributed by atoms with Crippen LogP contribution in [-0.2, 0) is 6.54 Å². The van der Waals surface area contributed by atoms with Crippen molar-refractivity contribution in [3.8, 4) is 5.69 Å². The van der Waals surface area contributed by atoms with Crippen LogP contribution in [0.3, 0.4) is 0 Å². The van der Waals surface area contributed by atoms with Crippen LogP contribution < -0.4 is 0 Å². The summed E-state index contributed by atoms with van der Waals surface area (Å²) < 4.78 is 3.45. The number of fused-ring (bicyclic) bond motifs is 1. The molecule has 102 valence electrons. The van der Waals surface area contributed by atoms with E-state index in [4.69, 9.17) is 0 Å². The van der Waals surface area contributed by atoms with Gasteiger partial charge in [0.1, 0.15) is 5.69 Å². The minimum Gasteiger partial charge on any atom is -0.476 e. The molecule has 3 aromatic rings. The first-order valence-corrected chi connectivity index (χ1v) is 6.37. The lowest BCUT2D eigenvalue weighted by atomic mass is 10.2. The summed E-state index contributed by atoms with van der Waals surface area (Å²) in [5.74, 6) is -1.03. The number of carboxylic acids is 1. The molecule has 0 bridgehead atoms. The van der Waals surface area contributed by atoms with Gasteiger partial charge in [-0.2, -0.15) is 10.2 Å². The Labute approximate surface area is 115 Å². The summed E-state index contributed by atoms with van der Waals surface area (Å²) >= 11 is 0. The summed E-state index contributed by atoms with van der Waals surface area (Å²) in [4.78, 5) is 11.3. The molecule has 0 aliphatic carbocycles. The van der Waals surface area contributed by atoms with Crippen LogP contribution >= 0.6 is 0 Å². The first-order chi connectivity index (χ1) is 9.61. The average molecular weight is 270 g/mol. The van der Waals surface area contributed by atoms with Crippen molar-refractivity contribution in [2.24, 2.45) is 0 Å². The van der Waals surface area contributed by atoms with Crippen molar-refractivity contribution in [1.82, 2.24) is 19.6 Å². The van der Waals surface area contributed by atoms with Gasteiger partial charge in [0.05, 0.1) is 17.4 Å². The maximum absolute atomic E-state index is 11.3. The summed E-state index contributed by atoms with van der Waals surface area (Å²) in [6.07, 6.45) is 1.88. The van der Waals surface area contributed by atoms with E-state index in [0.29, 0.717) is 5.39 Å². The molecule has 3 rings (SSSR count). The number of carbonyl (C=O) groups is 1. The van der Waals surface area contributed by atoms with Gasteiger partial charge in [-0.1, -0.05) is 18.2 Å². The van der Waals surface area contributed by atoms with Gasteiger partial charge in [0.15, 0.2) is 5.69 Å². The molecule has 0 amide bonds. The van der Waals surface area contributed by atoms with Crippen molar-refractivity contribution in [2.75, 3.05) is 0 Å². The lowest BCUT2D eigenvalue weighted by Gasteiger charge is -2.00. The lowest BCUT2D eigenvalue weighted by molar-refractivity contribution is 0.0692. The second-order valence-electron chi connectivity index (χ2n) is 4.54. The Bertz CT molecular complexity index is 801. The van der Waals surface area contributed by atoms with E-state index in [1.54, 1.807) is 10.7 Å². The SMILES string of the molecule is CCn1cc(-n2nc(C(=O)O)c3ccccc32)c(C)n1. The smallest absolute Gasteiger partial charge is 0.357 e. The van der Waals surface area contributed by atoms with E-state index in [-0.39, 0.29) is 5.69 Å². The quantitative estimate of drug-likeness (QED) is 0.792. The minimum atomic E-state index is -1.03. The van der Waals surface area contributed by atoms with Gasteiger partial charge in [-0.25, -0.2) is 9.48 Å². The highest BCUT2D eigenvalue weighted by atomic mass is 16.4. The van der Waals surface area contributed by atoms with Crippen LogP contribution in [0.15, 0.2) is 30.5 Å². The normalized spacial score (nSPS) is 11.1. The molecule has 0 aliphatic heterocycles. The fourth-order valence-corrected chi connectivity index (χ4v) is 2.29. The van der Waals surface area contributed by atoms with Crippen LogP contribution in [0.5, 0.6) is 0 Å². The third-order valence-corrected chi connectivity index (χ3v) is 3.26. The third-order valence-electron chi connectivity index (χ3n) is 3.26. The average Bonchev–Trinajstić information content (AvgIpc) is 2.99. The number of benzene rings is 1. The Kier molecular flexibility index (Phi) is 2.78. The maximum Gasteiger partial charge on any atom is 0.357 e. The molecular weight excluding hydrogens is 256 g/mol. The van der Waals surface area contributed by atoms with E-state index in [9.17, 15) is 9.90 Å². The Hall–Kier alpha value is -2.63. The summed E-state index contributed by atoms with van der Waals surface area (Å²) in [6.45, 7) is 4.64. The second-order valence-corrected chi connectivity index (χ2v) is 4.54. The maximum atomic E-state index is 11.3. The van der Waals surface area contributed by atoms with Crippen molar-refractivity contribution < 1.29 is 9.90 Å². The largest absolute Gasteiger partial charge is 0.476 e. The number of nitrogens with zero attached hydrogens (tertiary/aromatic N) is 4. The number of aryl methyl sites for hydroxylation is 2. The number of para-hydroxylation sites is 1. The molecule has 6 heteroatoms. The van der Waals surface area contributed by atoms with Gasteiger partial charge < -0.3 is 5.11 Å². The van der Waals surface area contributed by atoms with Crippen molar-refractivity contribution in [3.05, 3.63) is 41.9 Å². The van der Waals surface area contributed by atoms with Crippen LogP contribution in [0.25, 0.3) is 16.6 Å². The van der Waals surface area contributed by atoms with Crippen LogP contribution in [0.1, 0.15) is 23.1 Å². The van der Waals surface area contributed by atoms with Crippen LogP contribution in [0.2, 0.25) is 0 Å². The number of hydrogen-bond donors (Lipinski definition) is 1. The summed E-state index contributed by atoms with van der Waals surface area (Å²) in [6, 6.07) is 7.30. The zero-order valence-corrected chi connectivity index (χ0v) is 11.2. The van der Waals surface area contributed by atoms with E-state index in [1.807, 2.05) is 42.9 Å². The van der Waals surface area contributed by atoms with Gasteiger partial charge in [0, 0.05) is 11.9 Å². The van der Waals surface area contributed by atoms with Gasteiger partial charge in [-0.05, 0) is 19.9 Å². The van der Waals surface area contributed by atoms with Crippen LogP contribution in [-0.4, -0.2) is 30.6 Å². The first kappa shape index (κ1) is 12.4. The van der Waals surface area contributed by atoms with Gasteiger partial charge in [0.2, 0.25) is 0 Å². The topological polar surface area (TPSA) is 72.9 Å². The highest BCUT2D eigenvalue weighted by Crippen LogP contribution is 2.23. The summed E-state index contributed by atoms with van der Waals surface area (Å²) in [5, 5.41) is 18.5. The van der Waals surface area contributed by atoms with Crippen LogP contribution in [0, 0.1) is 6.92 Å². The first-order valence-electron chi connectivity index (χ1n) is 6.37. The molecule has 0 saturated carbocycles. The number of aromatic nitrogens is 4. The third kappa shape index (κ3) is 1.77. The van der Waals surface area contributed by atoms with Crippen molar-refractivity contribution in [3.63, 3.8) is 0 Å². The highest BCUT2D eigenvalue weighted by Gasteiger charge is 2.18. The number of aromatic carboxylic acids is 1. The van der Waals surface area contributed by atoms with Crippen molar-refractivity contribution in [2.45, 2.75) is 20.4 Å². The Morgan fingerprint density at radius 2 is 2.05 bits per heavy atom. The van der Waals surface area contributed by atoms with E-state index >= 15 is 0 Å². The number of hydrogen-bond acceptors (Lipinski definition) is 3. The standard InChI is InChI=1S/C14H14N4O2/c1-3-17-8-12(9(2)15-17)18-11-7-5-4-6-10(11)13(16-18)14(19)20/h4-8H,3H2,1-2H3,(H,19,20). The Morgan fingerprint density at radius 1 is 1.30 bits per heavy atom. The highest BCUT2D eigenvalue weighted by molar-refractivity contribution is 6.01. The molecule has 1 aromatic carbocycles. The van der Waals surface area contributed by atoms with E-state index in [1.165, 1.54) is 0 Å². The molecule has 0 aliphatic rings. The molecular formula is C14H14N4O2. The molecule has 0 saturated heterocycles. The van der Waals surface area contributed by atoms with Gasteiger partial charge in [-0.3, -0.25) is 4.68 Å².